The summed E-state index contributed by atoms with van der Waals surface area (Å²) in [6, 6.07) is 0.562. The molecule has 0 bridgehead atoms. The fourth-order valence-electron chi connectivity index (χ4n) is 3.74. The Bertz CT molecular complexity index is 345. The fourth-order valence-corrected chi connectivity index (χ4v) is 4.52. The van der Waals surface area contributed by atoms with E-state index in [1.165, 1.54) is 45.3 Å². The predicted octanol–water partition coefficient (Wildman–Crippen LogP) is 3.03. The van der Waals surface area contributed by atoms with Gasteiger partial charge in [-0.3, -0.25) is 0 Å². The lowest BCUT2D eigenvalue weighted by molar-refractivity contribution is 0.170. The molecular weight excluding hydrogens is 294 g/mol. The molecule has 4 nitrogen and oxygen atoms in total. The maximum atomic E-state index is 12.3. The van der Waals surface area contributed by atoms with E-state index in [9.17, 15) is 4.79 Å². The van der Waals surface area contributed by atoms with Crippen molar-refractivity contribution >= 4 is 17.8 Å². The molecular formula is C17H33N3OS. The second kappa shape index (κ2) is 9.02. The van der Waals surface area contributed by atoms with Crippen LogP contribution in [0.3, 0.4) is 0 Å². The minimum absolute atomic E-state index is 0.128. The zero-order valence-electron chi connectivity index (χ0n) is 14.5. The van der Waals surface area contributed by atoms with Gasteiger partial charge in [-0.15, -0.1) is 0 Å². The monoisotopic (exact) mass is 327 g/mol. The number of thioether (sulfide) groups is 1. The molecule has 0 aromatic carbocycles. The van der Waals surface area contributed by atoms with Gasteiger partial charge in [-0.25, -0.2) is 4.79 Å². The van der Waals surface area contributed by atoms with Crippen LogP contribution < -0.4 is 5.32 Å². The highest BCUT2D eigenvalue weighted by molar-refractivity contribution is 7.99. The Hall–Kier alpha value is -0.420. The number of nitrogens with one attached hydrogen (secondary N) is 1. The summed E-state index contributed by atoms with van der Waals surface area (Å²) in [5.74, 6) is 0.660. The molecule has 0 radical (unpaired) electrons. The molecule has 1 heterocycles. The number of rotatable bonds is 6. The van der Waals surface area contributed by atoms with Crippen LogP contribution in [0.2, 0.25) is 0 Å². The van der Waals surface area contributed by atoms with Crippen molar-refractivity contribution in [3.63, 3.8) is 0 Å². The highest BCUT2D eigenvalue weighted by atomic mass is 32.2. The van der Waals surface area contributed by atoms with Crippen molar-refractivity contribution in [1.29, 1.82) is 0 Å². The topological polar surface area (TPSA) is 35.6 Å². The molecule has 22 heavy (non-hydrogen) atoms. The van der Waals surface area contributed by atoms with E-state index in [4.69, 9.17) is 0 Å². The van der Waals surface area contributed by atoms with Gasteiger partial charge < -0.3 is 15.1 Å². The standard InChI is InChI=1S/C17H33N3OS/c1-4-9-20-10-7-14(8-11-20)13-18-17(21)19(2)15-5-6-16(12-15)22-3/h14-16H,4-13H2,1-3H3,(H,18,21). The Balaban J connectivity index is 1.65. The molecule has 0 spiro atoms. The first-order valence-electron chi connectivity index (χ1n) is 8.89. The molecule has 1 saturated heterocycles. The molecule has 1 aliphatic carbocycles. The molecule has 1 saturated carbocycles. The lowest BCUT2D eigenvalue weighted by atomic mass is 9.97. The van der Waals surface area contributed by atoms with Crippen LogP contribution in [-0.4, -0.2) is 66.6 Å². The molecule has 2 aliphatic rings. The van der Waals surface area contributed by atoms with Crippen molar-refractivity contribution in [1.82, 2.24) is 15.1 Å². The van der Waals surface area contributed by atoms with Crippen LogP contribution in [0.4, 0.5) is 4.79 Å². The second-order valence-electron chi connectivity index (χ2n) is 6.91. The molecule has 2 unspecified atom stereocenters. The summed E-state index contributed by atoms with van der Waals surface area (Å²) >= 11 is 1.94. The van der Waals surface area contributed by atoms with Crippen molar-refractivity contribution in [2.24, 2.45) is 5.92 Å². The van der Waals surface area contributed by atoms with E-state index in [0.717, 1.165) is 24.6 Å². The first kappa shape index (κ1) is 17.9. The van der Waals surface area contributed by atoms with E-state index in [-0.39, 0.29) is 6.03 Å². The molecule has 1 N–H and O–H groups in total. The third-order valence-electron chi connectivity index (χ3n) is 5.35. The van der Waals surface area contributed by atoms with Crippen molar-refractivity contribution in [2.75, 3.05) is 39.5 Å². The van der Waals surface area contributed by atoms with Gasteiger partial charge in [-0.05, 0) is 70.3 Å². The van der Waals surface area contributed by atoms with Gasteiger partial charge in [0, 0.05) is 24.9 Å². The molecule has 2 amide bonds. The lowest BCUT2D eigenvalue weighted by Crippen LogP contribution is -2.45. The minimum atomic E-state index is 0.128. The third kappa shape index (κ3) is 5.05. The van der Waals surface area contributed by atoms with Gasteiger partial charge in [0.1, 0.15) is 0 Å². The van der Waals surface area contributed by atoms with E-state index >= 15 is 0 Å². The summed E-state index contributed by atoms with van der Waals surface area (Å²) in [5, 5.41) is 3.91. The van der Waals surface area contributed by atoms with E-state index in [2.05, 4.69) is 23.4 Å². The highest BCUT2D eigenvalue weighted by Crippen LogP contribution is 2.30. The Morgan fingerprint density at radius 3 is 2.59 bits per heavy atom. The second-order valence-corrected chi connectivity index (χ2v) is 8.04. The van der Waals surface area contributed by atoms with E-state index < -0.39 is 0 Å². The predicted molar refractivity (Wildman–Crippen MR) is 95.6 cm³/mol. The van der Waals surface area contributed by atoms with Crippen LogP contribution >= 0.6 is 11.8 Å². The zero-order valence-corrected chi connectivity index (χ0v) is 15.3. The Morgan fingerprint density at radius 1 is 1.27 bits per heavy atom. The van der Waals surface area contributed by atoms with Gasteiger partial charge >= 0.3 is 6.03 Å². The zero-order chi connectivity index (χ0) is 15.9. The SMILES string of the molecule is CCCN1CCC(CNC(=O)N(C)C2CCC(SC)C2)CC1. The first-order chi connectivity index (χ1) is 10.6. The number of hydrogen-bond acceptors (Lipinski definition) is 3. The molecule has 1 aliphatic heterocycles. The van der Waals surface area contributed by atoms with Crippen LogP contribution in [-0.2, 0) is 0 Å². The maximum absolute atomic E-state index is 12.3. The number of amides is 2. The summed E-state index contributed by atoms with van der Waals surface area (Å²) in [5.41, 5.74) is 0. The van der Waals surface area contributed by atoms with Crippen LogP contribution in [0.1, 0.15) is 45.4 Å². The number of likely N-dealkylation sites (tertiary alicyclic amines) is 1. The van der Waals surface area contributed by atoms with Crippen molar-refractivity contribution in [2.45, 2.75) is 56.7 Å². The van der Waals surface area contributed by atoms with Crippen LogP contribution in [0.25, 0.3) is 0 Å². The summed E-state index contributed by atoms with van der Waals surface area (Å²) in [6.45, 7) is 6.71. The molecule has 2 fully saturated rings. The number of carbonyl (C=O) groups is 1. The van der Waals surface area contributed by atoms with Crippen molar-refractivity contribution in [3.05, 3.63) is 0 Å². The van der Waals surface area contributed by atoms with E-state index in [1.807, 2.05) is 23.7 Å². The quantitative estimate of drug-likeness (QED) is 0.814. The first-order valence-corrected chi connectivity index (χ1v) is 10.2. The maximum Gasteiger partial charge on any atom is 0.317 e. The third-order valence-corrected chi connectivity index (χ3v) is 6.44. The molecule has 5 heteroatoms. The number of carbonyl (C=O) groups excluding carboxylic acids is 1. The van der Waals surface area contributed by atoms with Crippen molar-refractivity contribution < 1.29 is 4.79 Å². The smallest absolute Gasteiger partial charge is 0.317 e. The van der Waals surface area contributed by atoms with Gasteiger partial charge in [0.15, 0.2) is 0 Å². The number of hydrogen-bond donors (Lipinski definition) is 1. The lowest BCUT2D eigenvalue weighted by Gasteiger charge is -2.32. The molecule has 2 atom stereocenters. The Labute approximate surface area is 140 Å². The van der Waals surface area contributed by atoms with Gasteiger partial charge in [-0.1, -0.05) is 6.92 Å². The van der Waals surface area contributed by atoms with Crippen molar-refractivity contribution in [3.8, 4) is 0 Å². The average Bonchev–Trinajstić information content (AvgIpc) is 3.02. The summed E-state index contributed by atoms with van der Waals surface area (Å²) in [7, 11) is 1.96. The van der Waals surface area contributed by atoms with Gasteiger partial charge in [0.05, 0.1) is 0 Å². The van der Waals surface area contributed by atoms with Crippen LogP contribution in [0.5, 0.6) is 0 Å². The summed E-state index contributed by atoms with van der Waals surface area (Å²) < 4.78 is 0. The molecule has 0 aromatic rings. The summed E-state index contributed by atoms with van der Waals surface area (Å²) in [4.78, 5) is 16.8. The Kier molecular flexibility index (Phi) is 7.35. The van der Waals surface area contributed by atoms with Gasteiger partial charge in [-0.2, -0.15) is 11.8 Å². The molecule has 2 rings (SSSR count). The number of piperidine rings is 1. The molecule has 128 valence electrons. The van der Waals surface area contributed by atoms with Gasteiger partial charge in [0.2, 0.25) is 0 Å². The largest absolute Gasteiger partial charge is 0.338 e. The van der Waals surface area contributed by atoms with Crippen LogP contribution in [0, 0.1) is 5.92 Å². The fraction of sp³-hybridized carbons (Fsp3) is 0.941. The van der Waals surface area contributed by atoms with Gasteiger partial charge in [0.25, 0.3) is 0 Å². The van der Waals surface area contributed by atoms with E-state index in [1.54, 1.807) is 0 Å². The normalized spacial score (nSPS) is 27.0. The highest BCUT2D eigenvalue weighted by Gasteiger charge is 2.29. The Morgan fingerprint density at radius 2 is 2.00 bits per heavy atom. The minimum Gasteiger partial charge on any atom is -0.338 e. The van der Waals surface area contributed by atoms with Crippen LogP contribution in [0.15, 0.2) is 0 Å². The summed E-state index contributed by atoms with van der Waals surface area (Å²) in [6.07, 6.45) is 9.43. The van der Waals surface area contributed by atoms with E-state index in [0.29, 0.717) is 12.0 Å². The number of urea groups is 1. The number of nitrogens with zero attached hydrogens (tertiary/aromatic N) is 2. The molecule has 0 aromatic heterocycles. The average molecular weight is 328 g/mol.